The van der Waals surface area contributed by atoms with E-state index in [4.69, 9.17) is 15.0 Å². The number of para-hydroxylation sites is 1. The predicted molar refractivity (Wildman–Crippen MR) is 237 cm³/mol. The average Bonchev–Trinajstić information content (AvgIpc) is 3.59. The van der Waals surface area contributed by atoms with E-state index in [0.29, 0.717) is 17.5 Å². The summed E-state index contributed by atoms with van der Waals surface area (Å²) in [5.74, 6) is 1.95. The van der Waals surface area contributed by atoms with Crippen LogP contribution in [0.25, 0.3) is 94.3 Å². The van der Waals surface area contributed by atoms with Crippen LogP contribution in [0.15, 0.2) is 170 Å². The van der Waals surface area contributed by atoms with E-state index in [1.165, 1.54) is 54.8 Å². The summed E-state index contributed by atoms with van der Waals surface area (Å²) in [4.78, 5) is 15.3. The summed E-state index contributed by atoms with van der Waals surface area (Å²) >= 11 is 0. The highest BCUT2D eigenvalue weighted by molar-refractivity contribution is 6.15. The zero-order valence-electron chi connectivity index (χ0n) is 32.5. The number of nitrogens with zero attached hydrogens (tertiary/aromatic N) is 4. The summed E-state index contributed by atoms with van der Waals surface area (Å²) in [5.41, 5.74) is 11.5. The zero-order valence-corrected chi connectivity index (χ0v) is 32.5. The third-order valence-electron chi connectivity index (χ3n) is 13.0. The Bertz CT molecular complexity index is 3170. The largest absolute Gasteiger partial charge is 0.308 e. The Morgan fingerprint density at radius 3 is 1.67 bits per heavy atom. The molecule has 0 bridgehead atoms. The molecular weight excluding hydrogens is 693 g/mol. The lowest BCUT2D eigenvalue weighted by Gasteiger charge is -2.49. The van der Waals surface area contributed by atoms with E-state index in [1.807, 2.05) is 36.4 Å². The van der Waals surface area contributed by atoms with Crippen molar-refractivity contribution in [1.82, 2.24) is 19.5 Å². The maximum atomic E-state index is 5.15. The van der Waals surface area contributed by atoms with E-state index in [0.717, 1.165) is 33.2 Å². The van der Waals surface area contributed by atoms with Gasteiger partial charge in [0.15, 0.2) is 17.5 Å². The second-order valence-electron chi connectivity index (χ2n) is 16.4. The molecule has 0 unspecified atom stereocenters. The molecule has 8 aromatic carbocycles. The molecule has 0 spiro atoms. The van der Waals surface area contributed by atoms with Gasteiger partial charge in [0.2, 0.25) is 0 Å². The summed E-state index contributed by atoms with van der Waals surface area (Å²) in [6.45, 7) is 9.76. The number of aromatic nitrogens is 4. The van der Waals surface area contributed by atoms with Crippen LogP contribution in [0, 0.1) is 0 Å². The maximum Gasteiger partial charge on any atom is 0.164 e. The van der Waals surface area contributed by atoms with Crippen LogP contribution in [-0.2, 0) is 10.8 Å². The first-order chi connectivity index (χ1) is 27.8. The summed E-state index contributed by atoms with van der Waals surface area (Å²) in [5, 5.41) is 7.31. The number of rotatable bonds is 4. The Balaban J connectivity index is 1.22. The summed E-state index contributed by atoms with van der Waals surface area (Å²) in [6, 6.07) is 60.8. The van der Waals surface area contributed by atoms with E-state index in [9.17, 15) is 0 Å². The molecule has 1 aliphatic carbocycles. The first-order valence-corrected chi connectivity index (χ1v) is 19.8. The van der Waals surface area contributed by atoms with Crippen LogP contribution in [0.4, 0.5) is 0 Å². The van der Waals surface area contributed by atoms with Gasteiger partial charge in [-0.25, -0.2) is 15.0 Å². The third kappa shape index (κ3) is 4.83. The van der Waals surface area contributed by atoms with Gasteiger partial charge in [-0.3, -0.25) is 0 Å². The molecule has 0 amide bonds. The van der Waals surface area contributed by atoms with Gasteiger partial charge >= 0.3 is 0 Å². The minimum Gasteiger partial charge on any atom is -0.308 e. The minimum atomic E-state index is -0.217. The second-order valence-corrected chi connectivity index (χ2v) is 16.4. The minimum absolute atomic E-state index is 0.160. The highest BCUT2D eigenvalue weighted by Crippen LogP contribution is 2.58. The quantitative estimate of drug-likeness (QED) is 0.181. The first kappa shape index (κ1) is 33.4. The Morgan fingerprint density at radius 2 is 0.965 bits per heavy atom. The van der Waals surface area contributed by atoms with E-state index >= 15 is 0 Å². The summed E-state index contributed by atoms with van der Waals surface area (Å²) in [6.07, 6.45) is 0. The molecule has 0 saturated carbocycles. The van der Waals surface area contributed by atoms with Crippen LogP contribution >= 0.6 is 0 Å². The third-order valence-corrected chi connectivity index (χ3v) is 13.0. The maximum absolute atomic E-state index is 5.15. The van der Waals surface area contributed by atoms with Gasteiger partial charge in [-0.15, -0.1) is 0 Å². The Morgan fingerprint density at radius 1 is 0.404 bits per heavy atom. The molecule has 0 fully saturated rings. The Labute approximate surface area is 332 Å². The standard InChI is InChI=1S/C53H40N4/c1-52(2)43-31-27-33-17-11-12-22-36(33)46(43)42-29-28-40-39-25-15-16-26-44(39)57(48(40)47(42)53(52,3)4)45-32-30-41(37-23-13-14-24-38(37)45)51-55-49(34-18-7-5-8-19-34)54-50(56-51)35-20-9-6-10-21-35/h5-32H,1-4H3. The molecule has 0 atom stereocenters. The SMILES string of the molecule is CC1(C)c2ccc3ccccc3c2-c2ccc3c4ccccc4n(-c4ccc(-c5nc(-c6ccccc6)nc(-c6ccccc6)n5)c5ccccc45)c3c2C1(C)C. The fourth-order valence-corrected chi connectivity index (χ4v) is 9.48. The van der Waals surface area contributed by atoms with Gasteiger partial charge in [0.05, 0.1) is 16.7 Å². The number of fused-ring (bicyclic) bond motifs is 10. The molecule has 10 aromatic rings. The van der Waals surface area contributed by atoms with E-state index in [1.54, 1.807) is 0 Å². The number of benzene rings is 8. The lowest BCUT2D eigenvalue weighted by Crippen LogP contribution is -2.44. The second kappa shape index (κ2) is 12.3. The number of hydrogen-bond acceptors (Lipinski definition) is 3. The first-order valence-electron chi connectivity index (χ1n) is 19.8. The van der Waals surface area contributed by atoms with Crippen molar-refractivity contribution in [2.24, 2.45) is 0 Å². The molecule has 4 heteroatoms. The highest BCUT2D eigenvalue weighted by Gasteiger charge is 2.48. The molecule has 0 radical (unpaired) electrons. The van der Waals surface area contributed by atoms with Crippen LogP contribution in [0.5, 0.6) is 0 Å². The topological polar surface area (TPSA) is 43.6 Å². The van der Waals surface area contributed by atoms with Crippen molar-refractivity contribution in [3.05, 3.63) is 181 Å². The number of hydrogen-bond donors (Lipinski definition) is 0. The Kier molecular flexibility index (Phi) is 7.21. The van der Waals surface area contributed by atoms with Crippen molar-refractivity contribution < 1.29 is 0 Å². The van der Waals surface area contributed by atoms with Gasteiger partial charge in [0.25, 0.3) is 0 Å². The van der Waals surface area contributed by atoms with Crippen molar-refractivity contribution in [2.75, 3.05) is 0 Å². The molecule has 0 saturated heterocycles. The fourth-order valence-electron chi connectivity index (χ4n) is 9.48. The molecule has 2 aromatic heterocycles. The smallest absolute Gasteiger partial charge is 0.164 e. The normalized spacial score (nSPS) is 14.2. The molecule has 272 valence electrons. The highest BCUT2D eigenvalue weighted by atomic mass is 15.0. The van der Waals surface area contributed by atoms with Crippen molar-refractivity contribution in [3.8, 4) is 51.0 Å². The molecule has 11 rings (SSSR count). The molecule has 1 aliphatic rings. The van der Waals surface area contributed by atoms with E-state index in [2.05, 4.69) is 166 Å². The van der Waals surface area contributed by atoms with Gasteiger partial charge < -0.3 is 4.57 Å². The molecule has 0 N–H and O–H groups in total. The van der Waals surface area contributed by atoms with Crippen molar-refractivity contribution in [1.29, 1.82) is 0 Å². The van der Waals surface area contributed by atoms with Crippen LogP contribution < -0.4 is 0 Å². The van der Waals surface area contributed by atoms with Crippen LogP contribution in [0.3, 0.4) is 0 Å². The molecule has 0 aliphatic heterocycles. The average molecular weight is 733 g/mol. The van der Waals surface area contributed by atoms with Gasteiger partial charge in [0.1, 0.15) is 0 Å². The molecule has 4 nitrogen and oxygen atoms in total. The fraction of sp³-hybridized carbons (Fsp3) is 0.113. The van der Waals surface area contributed by atoms with Gasteiger partial charge in [-0.1, -0.05) is 179 Å². The zero-order chi connectivity index (χ0) is 38.5. The Hall–Kier alpha value is -6.91. The molecule has 2 heterocycles. The van der Waals surface area contributed by atoms with Crippen molar-refractivity contribution >= 4 is 43.4 Å². The van der Waals surface area contributed by atoms with Gasteiger partial charge in [-0.2, -0.15) is 0 Å². The lowest BCUT2D eigenvalue weighted by atomic mass is 9.54. The molecular formula is C53H40N4. The predicted octanol–water partition coefficient (Wildman–Crippen LogP) is 13.5. The van der Waals surface area contributed by atoms with Crippen molar-refractivity contribution in [3.63, 3.8) is 0 Å². The van der Waals surface area contributed by atoms with Crippen molar-refractivity contribution in [2.45, 2.75) is 38.5 Å². The van der Waals surface area contributed by atoms with E-state index in [-0.39, 0.29) is 10.8 Å². The van der Waals surface area contributed by atoms with Gasteiger partial charge in [0, 0.05) is 38.3 Å². The van der Waals surface area contributed by atoms with Gasteiger partial charge in [-0.05, 0) is 62.0 Å². The van der Waals surface area contributed by atoms with E-state index < -0.39 is 0 Å². The summed E-state index contributed by atoms with van der Waals surface area (Å²) < 4.78 is 2.54. The van der Waals surface area contributed by atoms with Crippen LogP contribution in [0.1, 0.15) is 38.8 Å². The summed E-state index contributed by atoms with van der Waals surface area (Å²) in [7, 11) is 0. The van der Waals surface area contributed by atoms with Crippen LogP contribution in [-0.4, -0.2) is 19.5 Å². The molecule has 57 heavy (non-hydrogen) atoms. The van der Waals surface area contributed by atoms with Crippen LogP contribution in [0.2, 0.25) is 0 Å². The monoisotopic (exact) mass is 732 g/mol. The lowest BCUT2D eigenvalue weighted by molar-refractivity contribution is 0.301.